The Labute approximate surface area is 93.1 Å². The molecule has 1 aromatic heterocycles. The van der Waals surface area contributed by atoms with Crippen LogP contribution < -0.4 is 5.32 Å². The van der Waals surface area contributed by atoms with E-state index in [1.54, 1.807) is 11.8 Å². The Hall–Kier alpha value is -1.23. The third-order valence-corrected chi connectivity index (χ3v) is 2.91. The van der Waals surface area contributed by atoms with Crippen LogP contribution in [-0.2, 0) is 0 Å². The Bertz CT molecular complexity index is 344. The zero-order valence-electron chi connectivity index (χ0n) is 8.73. The maximum Gasteiger partial charge on any atom is 0.253 e. The lowest BCUT2D eigenvalue weighted by Gasteiger charge is -2.09. The van der Waals surface area contributed by atoms with Gasteiger partial charge in [-0.25, -0.2) is 0 Å². The van der Waals surface area contributed by atoms with Gasteiger partial charge < -0.3 is 10.4 Å². The van der Waals surface area contributed by atoms with Crippen molar-refractivity contribution >= 4 is 17.7 Å². The normalized spacial score (nSPS) is 12.1. The first-order valence-electron chi connectivity index (χ1n) is 4.58. The van der Waals surface area contributed by atoms with Crippen LogP contribution in [0.4, 0.5) is 0 Å². The van der Waals surface area contributed by atoms with Crippen LogP contribution in [0.3, 0.4) is 0 Å². The molecule has 0 aliphatic carbocycles. The van der Waals surface area contributed by atoms with Crippen molar-refractivity contribution in [3.05, 3.63) is 24.0 Å². The molecule has 1 unspecified atom stereocenters. The summed E-state index contributed by atoms with van der Waals surface area (Å²) < 4.78 is 0. The molecule has 1 heterocycles. The minimum absolute atomic E-state index is 0.000523. The van der Waals surface area contributed by atoms with E-state index in [4.69, 9.17) is 5.11 Å². The van der Waals surface area contributed by atoms with Gasteiger partial charge >= 0.3 is 0 Å². The summed E-state index contributed by atoms with van der Waals surface area (Å²) in [4.78, 5) is 15.3. The van der Waals surface area contributed by atoms with E-state index < -0.39 is 0 Å². The van der Waals surface area contributed by atoms with Crippen LogP contribution in [0.2, 0.25) is 0 Å². The minimum atomic E-state index is -0.209. The quantitative estimate of drug-likeness (QED) is 0.811. The molecule has 0 aliphatic rings. The van der Waals surface area contributed by atoms with Crippen molar-refractivity contribution in [2.75, 3.05) is 12.8 Å². The van der Waals surface area contributed by atoms with Crippen molar-refractivity contribution in [3.8, 4) is 5.75 Å². The molecule has 1 atom stereocenters. The van der Waals surface area contributed by atoms with E-state index in [1.165, 1.54) is 18.5 Å². The van der Waals surface area contributed by atoms with Crippen LogP contribution in [0.5, 0.6) is 5.75 Å². The highest BCUT2D eigenvalue weighted by molar-refractivity contribution is 7.99. The number of rotatable bonds is 4. The van der Waals surface area contributed by atoms with Gasteiger partial charge in [-0.1, -0.05) is 6.92 Å². The monoisotopic (exact) mass is 226 g/mol. The minimum Gasteiger partial charge on any atom is -0.506 e. The van der Waals surface area contributed by atoms with E-state index in [2.05, 4.69) is 10.3 Å². The summed E-state index contributed by atoms with van der Waals surface area (Å²) in [6.45, 7) is 2.64. The first-order chi connectivity index (χ1) is 7.13. The summed E-state index contributed by atoms with van der Waals surface area (Å²) in [5.74, 6) is -0.208. The molecule has 4 nitrogen and oxygen atoms in total. The molecule has 0 spiro atoms. The fourth-order valence-electron chi connectivity index (χ4n) is 0.974. The number of amides is 1. The Morgan fingerprint density at radius 2 is 2.40 bits per heavy atom. The predicted octanol–water partition coefficient (Wildman–Crippen LogP) is 1.27. The van der Waals surface area contributed by atoms with Gasteiger partial charge in [0.15, 0.2) is 0 Å². The smallest absolute Gasteiger partial charge is 0.253 e. The van der Waals surface area contributed by atoms with Gasteiger partial charge in [0.05, 0.1) is 11.8 Å². The first kappa shape index (κ1) is 11.8. The Balaban J connectivity index is 2.54. The summed E-state index contributed by atoms with van der Waals surface area (Å²) in [5, 5.41) is 12.3. The molecule has 2 N–H and O–H groups in total. The summed E-state index contributed by atoms with van der Waals surface area (Å²) in [6, 6.07) is 1.39. The maximum absolute atomic E-state index is 11.5. The third-order valence-electron chi connectivity index (χ3n) is 1.94. The Morgan fingerprint density at radius 1 is 1.67 bits per heavy atom. The molecule has 0 bridgehead atoms. The number of aromatic hydroxyl groups is 1. The highest BCUT2D eigenvalue weighted by atomic mass is 32.2. The average molecular weight is 226 g/mol. The van der Waals surface area contributed by atoms with E-state index in [0.29, 0.717) is 17.4 Å². The van der Waals surface area contributed by atoms with E-state index in [9.17, 15) is 4.79 Å². The van der Waals surface area contributed by atoms with Crippen molar-refractivity contribution in [1.82, 2.24) is 10.3 Å². The van der Waals surface area contributed by atoms with E-state index >= 15 is 0 Å². The maximum atomic E-state index is 11.5. The largest absolute Gasteiger partial charge is 0.506 e. The molecule has 0 saturated carbocycles. The number of carbonyl (C=O) groups is 1. The molecule has 5 heteroatoms. The molecular formula is C10H14N2O2S. The number of carbonyl (C=O) groups excluding carboxylic acids is 1. The Morgan fingerprint density at radius 3 is 3.00 bits per heavy atom. The zero-order chi connectivity index (χ0) is 11.3. The van der Waals surface area contributed by atoms with Crippen LogP contribution in [0.15, 0.2) is 18.5 Å². The molecular weight excluding hydrogens is 212 g/mol. The second kappa shape index (κ2) is 5.60. The number of hydrogen-bond acceptors (Lipinski definition) is 4. The number of thioether (sulfide) groups is 1. The molecule has 0 aromatic carbocycles. The highest BCUT2D eigenvalue weighted by Crippen LogP contribution is 2.08. The van der Waals surface area contributed by atoms with Crippen LogP contribution in [-0.4, -0.2) is 34.0 Å². The van der Waals surface area contributed by atoms with E-state index in [0.717, 1.165) is 0 Å². The molecule has 1 rings (SSSR count). The number of aromatic nitrogens is 1. The van der Waals surface area contributed by atoms with Gasteiger partial charge in [-0.05, 0) is 12.3 Å². The van der Waals surface area contributed by atoms with E-state index in [1.807, 2.05) is 13.2 Å². The van der Waals surface area contributed by atoms with Gasteiger partial charge in [0.25, 0.3) is 5.91 Å². The number of hydrogen-bond donors (Lipinski definition) is 2. The molecule has 0 fully saturated rings. The molecule has 0 radical (unpaired) electrons. The lowest BCUT2D eigenvalue weighted by atomic mass is 10.2. The lowest BCUT2D eigenvalue weighted by Crippen LogP contribution is -2.29. The van der Waals surface area contributed by atoms with Gasteiger partial charge in [0, 0.05) is 18.0 Å². The van der Waals surface area contributed by atoms with Crippen LogP contribution >= 0.6 is 11.8 Å². The van der Waals surface area contributed by atoms with Crippen LogP contribution in [0.25, 0.3) is 0 Å². The zero-order valence-corrected chi connectivity index (χ0v) is 9.54. The highest BCUT2D eigenvalue weighted by Gasteiger charge is 2.07. The average Bonchev–Trinajstić information content (AvgIpc) is 2.25. The first-order valence-corrected chi connectivity index (χ1v) is 5.87. The molecule has 82 valence electrons. The van der Waals surface area contributed by atoms with Crippen LogP contribution in [0, 0.1) is 0 Å². The van der Waals surface area contributed by atoms with Crippen molar-refractivity contribution in [2.24, 2.45) is 0 Å². The summed E-state index contributed by atoms with van der Waals surface area (Å²) >= 11 is 1.69. The SMILES string of the molecule is CSC(C)CNC(=O)c1cncc(O)c1. The summed E-state index contributed by atoms with van der Waals surface area (Å²) in [6.07, 6.45) is 4.72. The number of pyridine rings is 1. The molecule has 0 aliphatic heterocycles. The fourth-order valence-corrected chi connectivity index (χ4v) is 1.22. The summed E-state index contributed by atoms with van der Waals surface area (Å²) in [5.41, 5.74) is 0.378. The van der Waals surface area contributed by atoms with Gasteiger partial charge in [0.2, 0.25) is 0 Å². The van der Waals surface area contributed by atoms with Crippen LogP contribution in [0.1, 0.15) is 17.3 Å². The van der Waals surface area contributed by atoms with Crippen molar-refractivity contribution in [2.45, 2.75) is 12.2 Å². The van der Waals surface area contributed by atoms with Gasteiger partial charge in [-0.3, -0.25) is 9.78 Å². The molecule has 1 aromatic rings. The molecule has 1 amide bonds. The second-order valence-corrected chi connectivity index (χ2v) is 4.46. The number of nitrogens with zero attached hydrogens (tertiary/aromatic N) is 1. The third kappa shape index (κ3) is 3.79. The topological polar surface area (TPSA) is 62.2 Å². The lowest BCUT2D eigenvalue weighted by molar-refractivity contribution is 0.0953. The van der Waals surface area contributed by atoms with Gasteiger partial charge in [-0.15, -0.1) is 0 Å². The standard InChI is InChI=1S/C10H14N2O2S/c1-7(15-2)4-12-10(14)8-3-9(13)6-11-5-8/h3,5-7,13H,4H2,1-2H3,(H,12,14). The number of nitrogens with one attached hydrogen (secondary N) is 1. The molecule has 0 saturated heterocycles. The Kier molecular flexibility index (Phi) is 4.42. The predicted molar refractivity (Wildman–Crippen MR) is 61.2 cm³/mol. The fraction of sp³-hybridized carbons (Fsp3) is 0.400. The van der Waals surface area contributed by atoms with Crippen molar-refractivity contribution in [1.29, 1.82) is 0 Å². The van der Waals surface area contributed by atoms with Gasteiger partial charge in [-0.2, -0.15) is 11.8 Å². The van der Waals surface area contributed by atoms with Gasteiger partial charge in [0.1, 0.15) is 5.75 Å². The van der Waals surface area contributed by atoms with E-state index in [-0.39, 0.29) is 11.7 Å². The van der Waals surface area contributed by atoms with Crippen molar-refractivity contribution < 1.29 is 9.90 Å². The molecule has 15 heavy (non-hydrogen) atoms. The van der Waals surface area contributed by atoms with Crippen molar-refractivity contribution in [3.63, 3.8) is 0 Å². The second-order valence-electron chi connectivity index (χ2n) is 3.19. The summed E-state index contributed by atoms with van der Waals surface area (Å²) in [7, 11) is 0.